The molecule has 0 aromatic heterocycles. The van der Waals surface area contributed by atoms with E-state index in [1.807, 2.05) is 0 Å². The minimum atomic E-state index is -5.01. The van der Waals surface area contributed by atoms with Crippen molar-refractivity contribution in [3.05, 3.63) is 0 Å². The summed E-state index contributed by atoms with van der Waals surface area (Å²) in [5.41, 5.74) is 3.58. The Hall–Kier alpha value is -1.12. The van der Waals surface area contributed by atoms with E-state index in [0.29, 0.717) is 12.8 Å². The van der Waals surface area contributed by atoms with Crippen molar-refractivity contribution in [1.29, 1.82) is 0 Å². The van der Waals surface area contributed by atoms with Gasteiger partial charge in [0.15, 0.2) is 11.3 Å². The number of ketones is 1. The Morgan fingerprint density at radius 2 is 0.830 bits per heavy atom. The third-order valence-electron chi connectivity index (χ3n) is 9.02. The normalized spacial score (nSPS) is 13.0. The molecule has 0 saturated carbocycles. The van der Waals surface area contributed by atoms with Gasteiger partial charge in [0.25, 0.3) is 0 Å². The SMILES string of the molecule is CCCCCCCCCCCCCCCCCC(=O)[C@](N)(COP(=O)(O)O)C(=O)OC(=O)CCCCCCCCCCCCCCC. The van der Waals surface area contributed by atoms with Gasteiger partial charge in [-0.1, -0.05) is 181 Å². The van der Waals surface area contributed by atoms with Crippen LogP contribution in [0.2, 0.25) is 0 Å². The van der Waals surface area contributed by atoms with E-state index in [9.17, 15) is 18.9 Å². The van der Waals surface area contributed by atoms with Crippen molar-refractivity contribution in [2.24, 2.45) is 5.73 Å². The zero-order valence-electron chi connectivity index (χ0n) is 30.3. The lowest BCUT2D eigenvalue weighted by molar-refractivity contribution is -0.165. The van der Waals surface area contributed by atoms with E-state index >= 15 is 0 Å². The number of ether oxygens (including phenoxy) is 1. The number of carbonyl (C=O) groups excluding carboxylic acids is 3. The first-order chi connectivity index (χ1) is 22.6. The predicted molar refractivity (Wildman–Crippen MR) is 191 cm³/mol. The molecule has 9 nitrogen and oxygen atoms in total. The molecule has 0 amide bonds. The first-order valence-electron chi connectivity index (χ1n) is 19.3. The van der Waals surface area contributed by atoms with E-state index in [-0.39, 0.29) is 12.8 Å². The number of nitrogens with two attached hydrogens (primary N) is 1. The maximum absolute atomic E-state index is 13.0. The Kier molecular flexibility index (Phi) is 30.2. The quantitative estimate of drug-likeness (QED) is 0.0255. The van der Waals surface area contributed by atoms with Gasteiger partial charge >= 0.3 is 19.8 Å². The van der Waals surface area contributed by atoms with Crippen molar-refractivity contribution in [2.75, 3.05) is 6.61 Å². The number of esters is 2. The number of phosphoric acid groups is 1. The van der Waals surface area contributed by atoms with Crippen LogP contribution in [-0.4, -0.2) is 39.7 Å². The van der Waals surface area contributed by atoms with Crippen LogP contribution >= 0.6 is 7.82 Å². The molecule has 0 spiro atoms. The van der Waals surface area contributed by atoms with Crippen molar-refractivity contribution in [1.82, 2.24) is 0 Å². The molecule has 10 heteroatoms. The fourth-order valence-corrected chi connectivity index (χ4v) is 6.22. The van der Waals surface area contributed by atoms with Gasteiger partial charge in [0.05, 0.1) is 6.61 Å². The van der Waals surface area contributed by atoms with E-state index in [2.05, 4.69) is 18.4 Å². The lowest BCUT2D eigenvalue weighted by Crippen LogP contribution is -2.59. The van der Waals surface area contributed by atoms with Gasteiger partial charge in [0, 0.05) is 12.8 Å². The summed E-state index contributed by atoms with van der Waals surface area (Å²) in [6.45, 7) is 3.41. The molecule has 0 aromatic rings. The lowest BCUT2D eigenvalue weighted by atomic mass is 9.92. The van der Waals surface area contributed by atoms with Gasteiger partial charge in [-0.3, -0.25) is 14.1 Å². The first-order valence-corrected chi connectivity index (χ1v) is 20.9. The summed E-state index contributed by atoms with van der Waals surface area (Å²) in [6.07, 6.45) is 32.5. The average molecular weight is 690 g/mol. The average Bonchev–Trinajstić information content (AvgIpc) is 3.03. The summed E-state index contributed by atoms with van der Waals surface area (Å²) in [6, 6.07) is 0. The molecule has 0 radical (unpaired) electrons. The molecule has 0 aliphatic rings. The van der Waals surface area contributed by atoms with Crippen molar-refractivity contribution in [3.8, 4) is 0 Å². The molecule has 0 unspecified atom stereocenters. The van der Waals surface area contributed by atoms with Crippen molar-refractivity contribution in [2.45, 2.75) is 212 Å². The highest BCUT2D eigenvalue weighted by atomic mass is 31.2. The molecule has 278 valence electrons. The van der Waals surface area contributed by atoms with Crippen LogP contribution in [-0.2, 0) is 28.2 Å². The standard InChI is InChI=1S/C37H72NO8P/c1-3-5-7-9-11-13-15-17-18-20-21-23-25-27-29-31-34(39)37(38,33-45-47(42,43)44)36(41)46-35(40)32-30-28-26-24-22-19-16-14-12-10-8-6-4-2/h3-33,38H2,1-2H3,(H2,42,43,44)/t37-/m1/s1. The van der Waals surface area contributed by atoms with Gasteiger partial charge in [-0.05, 0) is 12.8 Å². The molecule has 0 saturated heterocycles. The fraction of sp³-hybridized carbons (Fsp3) is 0.919. The Labute approximate surface area is 287 Å². The highest BCUT2D eigenvalue weighted by Gasteiger charge is 2.45. The molecule has 1 atom stereocenters. The second-order valence-electron chi connectivity index (χ2n) is 13.6. The molecule has 0 heterocycles. The number of Topliss-reactive ketones (excluding diaryl/α,β-unsaturated/α-hetero) is 1. The van der Waals surface area contributed by atoms with Crippen LogP contribution in [0.1, 0.15) is 206 Å². The zero-order valence-corrected chi connectivity index (χ0v) is 31.2. The number of hydrogen-bond acceptors (Lipinski definition) is 7. The second-order valence-corrected chi connectivity index (χ2v) is 14.9. The highest BCUT2D eigenvalue weighted by Crippen LogP contribution is 2.37. The summed E-state index contributed by atoms with van der Waals surface area (Å²) in [4.78, 5) is 56.4. The first kappa shape index (κ1) is 45.9. The largest absolute Gasteiger partial charge is 0.469 e. The van der Waals surface area contributed by atoms with E-state index in [0.717, 1.165) is 44.9 Å². The highest BCUT2D eigenvalue weighted by molar-refractivity contribution is 7.46. The molecule has 0 aliphatic heterocycles. The van der Waals surface area contributed by atoms with Gasteiger partial charge in [0.2, 0.25) is 0 Å². The van der Waals surface area contributed by atoms with Crippen LogP contribution in [0.4, 0.5) is 0 Å². The van der Waals surface area contributed by atoms with Gasteiger partial charge in [-0.25, -0.2) is 9.36 Å². The topological polar surface area (TPSA) is 153 Å². The van der Waals surface area contributed by atoms with E-state index < -0.39 is 37.7 Å². The molecule has 0 aliphatic carbocycles. The molecule has 4 N–H and O–H groups in total. The van der Waals surface area contributed by atoms with Crippen LogP contribution in [0.15, 0.2) is 0 Å². The second kappa shape index (κ2) is 30.9. The monoisotopic (exact) mass is 689 g/mol. The van der Waals surface area contributed by atoms with Gasteiger partial charge in [0.1, 0.15) is 0 Å². The summed E-state index contributed by atoms with van der Waals surface area (Å²) >= 11 is 0. The molecular weight excluding hydrogens is 617 g/mol. The summed E-state index contributed by atoms with van der Waals surface area (Å²) in [5.74, 6) is -2.88. The molecule has 0 bridgehead atoms. The van der Waals surface area contributed by atoms with Gasteiger partial charge in [-0.2, -0.15) is 0 Å². The molecular formula is C37H72NO8P. The van der Waals surface area contributed by atoms with Gasteiger partial charge < -0.3 is 20.3 Å². The van der Waals surface area contributed by atoms with Crippen molar-refractivity contribution < 1.29 is 38.0 Å². The molecule has 0 rings (SSSR count). The summed E-state index contributed by atoms with van der Waals surface area (Å²) in [5, 5.41) is 0. The Balaban J connectivity index is 4.24. The maximum Gasteiger partial charge on any atom is 0.469 e. The number of carbonyl (C=O) groups is 3. The summed E-state index contributed by atoms with van der Waals surface area (Å²) in [7, 11) is -5.01. The zero-order chi connectivity index (χ0) is 35.1. The van der Waals surface area contributed by atoms with Crippen molar-refractivity contribution >= 4 is 25.5 Å². The minimum absolute atomic E-state index is 0.00612. The minimum Gasteiger partial charge on any atom is -0.391 e. The third-order valence-corrected chi connectivity index (χ3v) is 9.49. The van der Waals surface area contributed by atoms with Crippen LogP contribution < -0.4 is 5.73 Å². The van der Waals surface area contributed by atoms with E-state index in [4.69, 9.17) is 20.3 Å². The number of unbranched alkanes of at least 4 members (excludes halogenated alkanes) is 26. The van der Waals surface area contributed by atoms with Crippen LogP contribution in [0, 0.1) is 0 Å². The number of phosphoric ester groups is 1. The Morgan fingerprint density at radius 3 is 1.15 bits per heavy atom. The molecule has 0 aromatic carbocycles. The Morgan fingerprint density at radius 1 is 0.532 bits per heavy atom. The lowest BCUT2D eigenvalue weighted by Gasteiger charge is -2.25. The Bertz CT molecular complexity index is 833. The number of hydrogen-bond donors (Lipinski definition) is 3. The third kappa shape index (κ3) is 28.4. The van der Waals surface area contributed by atoms with E-state index in [1.54, 1.807) is 0 Å². The molecule has 0 fully saturated rings. The smallest absolute Gasteiger partial charge is 0.391 e. The van der Waals surface area contributed by atoms with Crippen LogP contribution in [0.5, 0.6) is 0 Å². The fourth-order valence-electron chi connectivity index (χ4n) is 5.85. The van der Waals surface area contributed by atoms with Crippen LogP contribution in [0.3, 0.4) is 0 Å². The predicted octanol–water partition coefficient (Wildman–Crippen LogP) is 10.2. The maximum atomic E-state index is 13.0. The number of rotatable bonds is 35. The van der Waals surface area contributed by atoms with Crippen molar-refractivity contribution in [3.63, 3.8) is 0 Å². The summed E-state index contributed by atoms with van der Waals surface area (Å²) < 4.78 is 20.6. The molecule has 47 heavy (non-hydrogen) atoms. The van der Waals surface area contributed by atoms with Crippen LogP contribution in [0.25, 0.3) is 0 Å². The van der Waals surface area contributed by atoms with E-state index in [1.165, 1.54) is 122 Å². The van der Waals surface area contributed by atoms with Gasteiger partial charge in [-0.15, -0.1) is 0 Å².